The van der Waals surface area contributed by atoms with Gasteiger partial charge in [0.25, 0.3) is 0 Å². The van der Waals surface area contributed by atoms with Gasteiger partial charge in [0.05, 0.1) is 0 Å². The van der Waals surface area contributed by atoms with Gasteiger partial charge in [0.15, 0.2) is 0 Å². The third kappa shape index (κ3) is 4.83. The zero-order valence-corrected chi connectivity index (χ0v) is 16.9. The predicted molar refractivity (Wildman–Crippen MR) is 109 cm³/mol. The number of fused-ring (bicyclic) bond motifs is 1. The number of ether oxygens (including phenoxy) is 2. The Labute approximate surface area is 166 Å². The van der Waals surface area contributed by atoms with Gasteiger partial charge < -0.3 is 20.1 Å². The number of rotatable bonds is 8. The molecule has 1 heterocycles. The Morgan fingerprint density at radius 2 is 1.96 bits per heavy atom. The third-order valence-corrected chi connectivity index (χ3v) is 5.92. The van der Waals surface area contributed by atoms with E-state index >= 15 is 0 Å². The van der Waals surface area contributed by atoms with Crippen LogP contribution in [-0.2, 0) is 20.7 Å². The minimum Gasteiger partial charge on any atom is -0.385 e. The molecule has 0 saturated heterocycles. The summed E-state index contributed by atoms with van der Waals surface area (Å²) in [5, 5.41) is 5.98. The third-order valence-electron chi connectivity index (χ3n) is 5.92. The van der Waals surface area contributed by atoms with Crippen LogP contribution < -0.4 is 15.5 Å². The lowest BCUT2D eigenvalue weighted by Crippen LogP contribution is -2.39. The first kappa shape index (κ1) is 20.6. The Bertz CT molecular complexity index is 701. The molecule has 1 saturated carbocycles. The topological polar surface area (TPSA) is 79.9 Å². The number of carbonyl (C=O) groups excluding carboxylic acids is 2. The van der Waals surface area contributed by atoms with E-state index in [9.17, 15) is 9.59 Å². The normalized spacial score (nSPS) is 18.1. The molecule has 0 spiro atoms. The number of aryl methyl sites for hydroxylation is 1. The highest BCUT2D eigenvalue weighted by atomic mass is 16.5. The van der Waals surface area contributed by atoms with Crippen molar-refractivity contribution >= 4 is 23.3 Å². The first-order chi connectivity index (χ1) is 13.6. The van der Waals surface area contributed by atoms with Crippen LogP contribution in [0, 0.1) is 5.41 Å². The van der Waals surface area contributed by atoms with Crippen LogP contribution in [0.2, 0.25) is 0 Å². The van der Waals surface area contributed by atoms with E-state index in [0.717, 1.165) is 42.8 Å². The van der Waals surface area contributed by atoms with Crippen molar-refractivity contribution in [1.29, 1.82) is 0 Å². The molecular formula is C21H31N3O4. The van der Waals surface area contributed by atoms with Gasteiger partial charge in [-0.25, -0.2) is 4.79 Å². The van der Waals surface area contributed by atoms with Gasteiger partial charge in [-0.3, -0.25) is 9.69 Å². The van der Waals surface area contributed by atoms with E-state index in [1.54, 1.807) is 19.1 Å². The Morgan fingerprint density at radius 3 is 2.68 bits per heavy atom. The molecule has 1 aromatic carbocycles. The van der Waals surface area contributed by atoms with Crippen molar-refractivity contribution in [2.24, 2.45) is 5.41 Å². The summed E-state index contributed by atoms with van der Waals surface area (Å²) >= 11 is 0. The maximum atomic E-state index is 12.4. The highest BCUT2D eigenvalue weighted by Crippen LogP contribution is 2.40. The molecular weight excluding hydrogens is 358 g/mol. The van der Waals surface area contributed by atoms with Gasteiger partial charge in [-0.05, 0) is 54.9 Å². The number of anilines is 2. The lowest BCUT2D eigenvalue weighted by atomic mass is 9.83. The van der Waals surface area contributed by atoms with Crippen LogP contribution in [0.3, 0.4) is 0 Å². The zero-order chi connectivity index (χ0) is 20.0. The van der Waals surface area contributed by atoms with E-state index in [0.29, 0.717) is 19.4 Å². The monoisotopic (exact) mass is 389 g/mol. The summed E-state index contributed by atoms with van der Waals surface area (Å²) in [7, 11) is 3.30. The van der Waals surface area contributed by atoms with Crippen LogP contribution >= 0.6 is 0 Å². The number of urea groups is 1. The highest BCUT2D eigenvalue weighted by Gasteiger charge is 2.33. The summed E-state index contributed by atoms with van der Waals surface area (Å²) in [5.74, 6) is 0.0609. The van der Waals surface area contributed by atoms with Crippen molar-refractivity contribution in [3.63, 3.8) is 0 Å². The van der Waals surface area contributed by atoms with E-state index in [2.05, 4.69) is 10.6 Å². The van der Waals surface area contributed by atoms with Crippen LogP contribution in [-0.4, -0.2) is 46.0 Å². The summed E-state index contributed by atoms with van der Waals surface area (Å²) in [6.45, 7) is 1.64. The number of benzene rings is 1. The molecule has 2 N–H and O–H groups in total. The summed E-state index contributed by atoms with van der Waals surface area (Å²) < 4.78 is 10.4. The molecule has 3 rings (SSSR count). The first-order valence-electron chi connectivity index (χ1n) is 10.0. The predicted octanol–water partition coefficient (Wildman–Crippen LogP) is 3.29. The standard InChI is InChI=1S/C21H31N3O4/c1-27-12-11-21(9-3-4-10-21)14-22-20(26)23-17-6-7-18-16(13-17)5-8-19(25)24(18)15-28-2/h6-7,13H,3-5,8-12,14-15H2,1-2H3,(H2,22,23,26). The number of nitrogens with zero attached hydrogens (tertiary/aromatic N) is 1. The number of hydrogen-bond acceptors (Lipinski definition) is 4. The van der Waals surface area contributed by atoms with Gasteiger partial charge in [0.1, 0.15) is 6.73 Å². The molecule has 0 unspecified atom stereocenters. The second kappa shape index (κ2) is 9.39. The first-order valence-corrected chi connectivity index (χ1v) is 10.0. The quantitative estimate of drug-likeness (QED) is 0.715. The average Bonchev–Trinajstić information content (AvgIpc) is 3.16. The molecule has 3 amide bonds. The molecule has 7 nitrogen and oxygen atoms in total. The lowest BCUT2D eigenvalue weighted by Gasteiger charge is -2.30. The lowest BCUT2D eigenvalue weighted by molar-refractivity contribution is -0.119. The number of hydrogen-bond donors (Lipinski definition) is 2. The molecule has 0 atom stereocenters. The van der Waals surface area contributed by atoms with E-state index in [4.69, 9.17) is 9.47 Å². The van der Waals surface area contributed by atoms with Crippen molar-refractivity contribution in [2.75, 3.05) is 44.3 Å². The van der Waals surface area contributed by atoms with Crippen LogP contribution in [0.5, 0.6) is 0 Å². The largest absolute Gasteiger partial charge is 0.385 e. The number of methoxy groups -OCH3 is 2. The Hall–Kier alpha value is -2.12. The fraction of sp³-hybridized carbons (Fsp3) is 0.619. The van der Waals surface area contributed by atoms with Crippen molar-refractivity contribution in [1.82, 2.24) is 5.32 Å². The minimum atomic E-state index is -0.190. The SMILES string of the molecule is COCCC1(CNC(=O)Nc2ccc3c(c2)CCC(=O)N3COC)CCCC1. The zero-order valence-electron chi connectivity index (χ0n) is 16.9. The average molecular weight is 389 g/mol. The van der Waals surface area contributed by atoms with Crippen molar-refractivity contribution in [3.8, 4) is 0 Å². The van der Waals surface area contributed by atoms with E-state index in [1.165, 1.54) is 12.8 Å². The van der Waals surface area contributed by atoms with Gasteiger partial charge in [-0.15, -0.1) is 0 Å². The van der Waals surface area contributed by atoms with Gasteiger partial charge in [-0.1, -0.05) is 12.8 Å². The Balaban J connectivity index is 1.59. The van der Waals surface area contributed by atoms with Crippen LogP contribution in [0.1, 0.15) is 44.1 Å². The number of carbonyl (C=O) groups is 2. The molecule has 1 aliphatic carbocycles. The fourth-order valence-electron chi connectivity index (χ4n) is 4.31. The smallest absolute Gasteiger partial charge is 0.319 e. The molecule has 0 radical (unpaired) electrons. The van der Waals surface area contributed by atoms with E-state index < -0.39 is 0 Å². The second-order valence-corrected chi connectivity index (χ2v) is 7.84. The molecule has 0 bridgehead atoms. The molecule has 154 valence electrons. The molecule has 1 aliphatic heterocycles. The summed E-state index contributed by atoms with van der Waals surface area (Å²) in [6.07, 6.45) is 6.81. The molecule has 28 heavy (non-hydrogen) atoms. The van der Waals surface area contributed by atoms with E-state index in [1.807, 2.05) is 18.2 Å². The highest BCUT2D eigenvalue weighted by molar-refractivity contribution is 5.97. The molecule has 1 fully saturated rings. The van der Waals surface area contributed by atoms with Crippen LogP contribution in [0.25, 0.3) is 0 Å². The number of amides is 3. The van der Waals surface area contributed by atoms with Crippen molar-refractivity contribution in [3.05, 3.63) is 23.8 Å². The van der Waals surface area contributed by atoms with E-state index in [-0.39, 0.29) is 24.1 Å². The molecule has 1 aromatic rings. The van der Waals surface area contributed by atoms with Crippen LogP contribution in [0.15, 0.2) is 18.2 Å². The second-order valence-electron chi connectivity index (χ2n) is 7.84. The fourth-order valence-corrected chi connectivity index (χ4v) is 4.31. The van der Waals surface area contributed by atoms with Crippen LogP contribution in [0.4, 0.5) is 16.2 Å². The van der Waals surface area contributed by atoms with Crippen molar-refractivity contribution in [2.45, 2.75) is 44.9 Å². The van der Waals surface area contributed by atoms with Gasteiger partial charge >= 0.3 is 6.03 Å². The maximum absolute atomic E-state index is 12.4. The summed E-state index contributed by atoms with van der Waals surface area (Å²) in [4.78, 5) is 26.2. The van der Waals surface area contributed by atoms with Gasteiger partial charge in [0, 0.05) is 45.2 Å². The summed E-state index contributed by atoms with van der Waals surface area (Å²) in [5.41, 5.74) is 2.79. The molecule has 0 aromatic heterocycles. The molecule has 7 heteroatoms. The molecule has 2 aliphatic rings. The Kier molecular flexibility index (Phi) is 6.91. The maximum Gasteiger partial charge on any atom is 0.319 e. The van der Waals surface area contributed by atoms with Gasteiger partial charge in [0.2, 0.25) is 5.91 Å². The number of nitrogens with one attached hydrogen (secondary N) is 2. The Morgan fingerprint density at radius 1 is 1.18 bits per heavy atom. The van der Waals surface area contributed by atoms with Gasteiger partial charge in [-0.2, -0.15) is 0 Å². The summed E-state index contributed by atoms with van der Waals surface area (Å²) in [6, 6.07) is 5.46. The minimum absolute atomic E-state index is 0.0609. The van der Waals surface area contributed by atoms with Crippen molar-refractivity contribution < 1.29 is 19.1 Å².